The Morgan fingerprint density at radius 1 is 1.17 bits per heavy atom. The Hall–Kier alpha value is -2.43. The molecule has 4 rings (SSSR count). The average Bonchev–Trinajstić information content (AvgIpc) is 3.36. The van der Waals surface area contributed by atoms with Crippen molar-refractivity contribution in [2.24, 2.45) is 0 Å². The lowest BCUT2D eigenvalue weighted by atomic mass is 10.3. The Morgan fingerprint density at radius 3 is 2.59 bits per heavy atom. The molecule has 1 saturated heterocycles. The highest BCUT2D eigenvalue weighted by Crippen LogP contribution is 2.37. The number of nitro benzene ring substituents is 1. The number of benzene rings is 2. The van der Waals surface area contributed by atoms with E-state index in [4.69, 9.17) is 0 Å². The van der Waals surface area contributed by atoms with Gasteiger partial charge in [0.2, 0.25) is 10.0 Å². The molecule has 0 amide bonds. The fourth-order valence-electron chi connectivity index (χ4n) is 3.50. The lowest BCUT2D eigenvalue weighted by Gasteiger charge is -2.15. The minimum Gasteiger partial charge on any atom is -0.319 e. The summed E-state index contributed by atoms with van der Waals surface area (Å²) >= 11 is 1.17. The van der Waals surface area contributed by atoms with Crippen LogP contribution < -0.4 is 0 Å². The molecule has 2 heterocycles. The van der Waals surface area contributed by atoms with Gasteiger partial charge in [-0.2, -0.15) is 4.31 Å². The predicted molar refractivity (Wildman–Crippen MR) is 111 cm³/mol. The fraction of sp³-hybridized carbons (Fsp3) is 0.316. The molecule has 0 spiro atoms. The molecule has 0 radical (unpaired) electrons. The van der Waals surface area contributed by atoms with E-state index in [2.05, 4.69) is 4.98 Å². The summed E-state index contributed by atoms with van der Waals surface area (Å²) in [5, 5.41) is 12.3. The molecule has 0 saturated carbocycles. The van der Waals surface area contributed by atoms with E-state index in [1.165, 1.54) is 28.2 Å². The first kappa shape index (κ1) is 19.9. The normalized spacial score (nSPS) is 15.2. The molecule has 0 N–H and O–H groups in total. The summed E-state index contributed by atoms with van der Waals surface area (Å²) in [5.74, 6) is 0. The van der Waals surface area contributed by atoms with Crippen LogP contribution in [0.5, 0.6) is 0 Å². The minimum absolute atomic E-state index is 0.0422. The quantitative estimate of drug-likeness (QED) is 0.433. The molecule has 29 heavy (non-hydrogen) atoms. The zero-order valence-electron chi connectivity index (χ0n) is 15.8. The predicted octanol–water partition coefficient (Wildman–Crippen LogP) is 3.90. The summed E-state index contributed by atoms with van der Waals surface area (Å²) in [7, 11) is -3.72. The topological polar surface area (TPSA) is 98.3 Å². The zero-order valence-corrected chi connectivity index (χ0v) is 17.4. The number of rotatable bonds is 6. The van der Waals surface area contributed by atoms with Crippen molar-refractivity contribution in [2.75, 3.05) is 13.1 Å². The van der Waals surface area contributed by atoms with Gasteiger partial charge in [0, 0.05) is 25.7 Å². The van der Waals surface area contributed by atoms with Gasteiger partial charge in [0.15, 0.2) is 5.16 Å². The number of hydrogen-bond donors (Lipinski definition) is 0. The molecule has 1 aliphatic heterocycles. The smallest absolute Gasteiger partial charge is 0.284 e. The van der Waals surface area contributed by atoms with Crippen molar-refractivity contribution in [3.63, 3.8) is 0 Å². The van der Waals surface area contributed by atoms with Crippen molar-refractivity contribution >= 4 is 38.5 Å². The molecule has 1 aromatic heterocycles. The second-order valence-corrected chi connectivity index (χ2v) is 9.67. The number of aromatic nitrogens is 2. The van der Waals surface area contributed by atoms with Gasteiger partial charge in [0.1, 0.15) is 0 Å². The first-order valence-corrected chi connectivity index (χ1v) is 11.6. The van der Waals surface area contributed by atoms with Gasteiger partial charge < -0.3 is 4.57 Å². The summed E-state index contributed by atoms with van der Waals surface area (Å²) in [6, 6.07) is 11.8. The number of sulfonamides is 1. The largest absolute Gasteiger partial charge is 0.319 e. The lowest BCUT2D eigenvalue weighted by Crippen LogP contribution is -2.27. The van der Waals surface area contributed by atoms with E-state index in [-0.39, 0.29) is 10.6 Å². The van der Waals surface area contributed by atoms with E-state index in [1.54, 1.807) is 0 Å². The van der Waals surface area contributed by atoms with Gasteiger partial charge in [-0.05, 0) is 55.8 Å². The second kappa shape index (κ2) is 7.77. The molecule has 2 aromatic carbocycles. The maximum atomic E-state index is 12.8. The van der Waals surface area contributed by atoms with Crippen LogP contribution in [0, 0.1) is 10.1 Å². The van der Waals surface area contributed by atoms with E-state index in [0.717, 1.165) is 29.9 Å². The molecular formula is C19H20N4O4S2. The second-order valence-electron chi connectivity index (χ2n) is 6.73. The highest BCUT2D eigenvalue weighted by Gasteiger charge is 2.30. The van der Waals surface area contributed by atoms with Gasteiger partial charge in [-0.15, -0.1) is 0 Å². The Labute approximate surface area is 172 Å². The Morgan fingerprint density at radius 2 is 1.90 bits per heavy atom. The number of fused-ring (bicyclic) bond motifs is 1. The highest BCUT2D eigenvalue weighted by molar-refractivity contribution is 7.99. The maximum absolute atomic E-state index is 12.8. The number of hydrogen-bond acceptors (Lipinski definition) is 6. The molecule has 0 atom stereocenters. The first-order chi connectivity index (χ1) is 13.9. The highest BCUT2D eigenvalue weighted by atomic mass is 32.2. The molecule has 10 heteroatoms. The Balaban J connectivity index is 1.74. The average molecular weight is 433 g/mol. The summed E-state index contributed by atoms with van der Waals surface area (Å²) in [4.78, 5) is 16.1. The van der Waals surface area contributed by atoms with Crippen LogP contribution in [0.2, 0.25) is 0 Å². The molecule has 3 aromatic rings. The van der Waals surface area contributed by atoms with Gasteiger partial charge >= 0.3 is 0 Å². The van der Waals surface area contributed by atoms with Gasteiger partial charge in [-0.1, -0.05) is 12.1 Å². The van der Waals surface area contributed by atoms with Crippen LogP contribution in [0.3, 0.4) is 0 Å². The summed E-state index contributed by atoms with van der Waals surface area (Å²) in [6.45, 7) is 3.55. The van der Waals surface area contributed by atoms with Crippen LogP contribution >= 0.6 is 11.8 Å². The van der Waals surface area contributed by atoms with Crippen LogP contribution in [-0.2, 0) is 16.6 Å². The number of nitrogens with zero attached hydrogens (tertiary/aromatic N) is 4. The number of imidazole rings is 1. The third kappa shape index (κ3) is 3.63. The van der Waals surface area contributed by atoms with Crippen molar-refractivity contribution in [2.45, 2.75) is 41.3 Å². The summed E-state index contributed by atoms with van der Waals surface area (Å²) in [5.41, 5.74) is 1.53. The maximum Gasteiger partial charge on any atom is 0.284 e. The molecule has 152 valence electrons. The molecule has 0 aliphatic carbocycles. The van der Waals surface area contributed by atoms with Crippen LogP contribution in [0.4, 0.5) is 5.69 Å². The number of nitro groups is 1. The van der Waals surface area contributed by atoms with Crippen molar-refractivity contribution < 1.29 is 13.3 Å². The summed E-state index contributed by atoms with van der Waals surface area (Å²) < 4.78 is 28.9. The molecular weight excluding hydrogens is 412 g/mol. The van der Waals surface area contributed by atoms with Crippen molar-refractivity contribution in [3.05, 3.63) is 52.6 Å². The molecule has 0 unspecified atom stereocenters. The van der Waals surface area contributed by atoms with Gasteiger partial charge in [-0.3, -0.25) is 10.1 Å². The monoisotopic (exact) mass is 432 g/mol. The molecule has 8 nitrogen and oxygen atoms in total. The van der Waals surface area contributed by atoms with Crippen molar-refractivity contribution in [1.82, 2.24) is 13.9 Å². The van der Waals surface area contributed by atoms with E-state index < -0.39 is 14.9 Å². The standard InChI is InChI=1S/C19H20N4O4S2/c1-2-22-16-8-4-3-7-15(16)20-19(22)28-18-10-9-14(13-17(18)23(24)25)29(26,27)21-11-5-6-12-21/h3-4,7-10,13H,2,5-6,11-12H2,1H3. The Bertz CT molecular complexity index is 1180. The lowest BCUT2D eigenvalue weighted by molar-refractivity contribution is -0.388. The van der Waals surface area contributed by atoms with Crippen LogP contribution in [-0.4, -0.2) is 40.3 Å². The SMILES string of the molecule is CCn1c(Sc2ccc(S(=O)(=O)N3CCCC3)cc2[N+](=O)[O-])nc2ccccc21. The van der Waals surface area contributed by atoms with Gasteiger partial charge in [0.05, 0.1) is 25.7 Å². The van der Waals surface area contributed by atoms with Crippen LogP contribution in [0.1, 0.15) is 19.8 Å². The zero-order chi connectivity index (χ0) is 20.6. The van der Waals surface area contributed by atoms with Gasteiger partial charge in [-0.25, -0.2) is 13.4 Å². The van der Waals surface area contributed by atoms with Crippen LogP contribution in [0.15, 0.2) is 57.4 Å². The van der Waals surface area contributed by atoms with E-state index >= 15 is 0 Å². The van der Waals surface area contributed by atoms with Crippen molar-refractivity contribution in [3.8, 4) is 0 Å². The molecule has 0 bridgehead atoms. The van der Waals surface area contributed by atoms with Crippen molar-refractivity contribution in [1.29, 1.82) is 0 Å². The van der Waals surface area contributed by atoms with E-state index in [0.29, 0.717) is 29.7 Å². The van der Waals surface area contributed by atoms with E-state index in [9.17, 15) is 18.5 Å². The number of aryl methyl sites for hydroxylation is 1. The minimum atomic E-state index is -3.72. The van der Waals surface area contributed by atoms with Crippen LogP contribution in [0.25, 0.3) is 11.0 Å². The summed E-state index contributed by atoms with van der Waals surface area (Å²) in [6.07, 6.45) is 1.62. The third-order valence-corrected chi connectivity index (χ3v) is 7.92. The molecule has 1 fully saturated rings. The number of para-hydroxylation sites is 2. The molecule has 1 aliphatic rings. The third-order valence-electron chi connectivity index (χ3n) is 4.97. The Kier molecular flexibility index (Phi) is 5.32. The fourth-order valence-corrected chi connectivity index (χ4v) is 6.09. The van der Waals surface area contributed by atoms with E-state index in [1.807, 2.05) is 35.8 Å². The first-order valence-electron chi connectivity index (χ1n) is 9.33. The van der Waals surface area contributed by atoms with Gasteiger partial charge in [0.25, 0.3) is 5.69 Å².